The number of ether oxygens (including phenoxy) is 2. The Kier molecular flexibility index (Phi) is 3.64. The minimum atomic E-state index is 0.118. The van der Waals surface area contributed by atoms with Gasteiger partial charge in [0.15, 0.2) is 11.5 Å². The number of aliphatic hydroxyl groups excluding tert-OH is 1. The number of aliphatic hydroxyl groups is 1. The van der Waals surface area contributed by atoms with E-state index < -0.39 is 0 Å². The van der Waals surface area contributed by atoms with Crippen LogP contribution >= 0.6 is 0 Å². The van der Waals surface area contributed by atoms with Crippen molar-refractivity contribution in [2.24, 2.45) is 4.99 Å². The number of nitrogens with zero attached hydrogens (tertiary/aromatic N) is 1. The molecule has 1 aromatic carbocycles. The molecular formula is C13H17NO3. The highest BCUT2D eigenvalue weighted by atomic mass is 16.5. The van der Waals surface area contributed by atoms with Gasteiger partial charge in [0, 0.05) is 30.8 Å². The van der Waals surface area contributed by atoms with Gasteiger partial charge < -0.3 is 14.6 Å². The van der Waals surface area contributed by atoms with E-state index in [1.807, 2.05) is 12.1 Å². The van der Waals surface area contributed by atoms with Crippen molar-refractivity contribution < 1.29 is 14.6 Å². The van der Waals surface area contributed by atoms with Crippen LogP contribution in [0, 0.1) is 0 Å². The van der Waals surface area contributed by atoms with Crippen LogP contribution in [0.2, 0.25) is 0 Å². The molecule has 0 atom stereocenters. The predicted octanol–water partition coefficient (Wildman–Crippen LogP) is 1.43. The number of hydrogen-bond acceptors (Lipinski definition) is 4. The highest BCUT2D eigenvalue weighted by Crippen LogP contribution is 2.32. The van der Waals surface area contributed by atoms with Crippen molar-refractivity contribution in [2.45, 2.75) is 12.8 Å². The van der Waals surface area contributed by atoms with E-state index in [9.17, 15) is 0 Å². The summed E-state index contributed by atoms with van der Waals surface area (Å²) < 4.78 is 10.6. The standard InChI is InChI=1S/C13H17NO3/c1-16-12-7-9-3-5-14-11(4-6-15)10(9)8-13(12)17-2/h7-8,15H,3-6H2,1-2H3. The van der Waals surface area contributed by atoms with E-state index >= 15 is 0 Å². The van der Waals surface area contributed by atoms with E-state index in [4.69, 9.17) is 14.6 Å². The lowest BCUT2D eigenvalue weighted by Crippen LogP contribution is -2.14. The topological polar surface area (TPSA) is 51.0 Å². The van der Waals surface area contributed by atoms with Crippen molar-refractivity contribution in [3.63, 3.8) is 0 Å². The molecule has 0 aromatic heterocycles. The Morgan fingerprint density at radius 3 is 2.59 bits per heavy atom. The Hall–Kier alpha value is -1.55. The minimum absolute atomic E-state index is 0.118. The molecule has 1 aromatic rings. The Labute approximate surface area is 101 Å². The number of rotatable bonds is 4. The number of methoxy groups -OCH3 is 2. The first kappa shape index (κ1) is 11.9. The normalized spacial score (nSPS) is 13.9. The summed E-state index contributed by atoms with van der Waals surface area (Å²) in [5.74, 6) is 1.45. The fraction of sp³-hybridized carbons (Fsp3) is 0.462. The fourth-order valence-electron chi connectivity index (χ4n) is 2.11. The Balaban J connectivity index is 2.45. The maximum atomic E-state index is 9.03. The number of hydrogen-bond donors (Lipinski definition) is 1. The number of benzene rings is 1. The van der Waals surface area contributed by atoms with Gasteiger partial charge in [-0.2, -0.15) is 0 Å². The number of fused-ring (bicyclic) bond motifs is 1. The molecule has 0 fully saturated rings. The van der Waals surface area contributed by atoms with Gasteiger partial charge in [-0.1, -0.05) is 0 Å². The molecule has 0 radical (unpaired) electrons. The second-order valence-electron chi connectivity index (χ2n) is 3.92. The maximum Gasteiger partial charge on any atom is 0.161 e. The third kappa shape index (κ3) is 2.26. The smallest absolute Gasteiger partial charge is 0.161 e. The van der Waals surface area contributed by atoms with Crippen LogP contribution in [0.5, 0.6) is 11.5 Å². The first-order valence-corrected chi connectivity index (χ1v) is 5.69. The van der Waals surface area contributed by atoms with Crippen LogP contribution in [0.25, 0.3) is 0 Å². The summed E-state index contributed by atoms with van der Waals surface area (Å²) in [6.07, 6.45) is 1.49. The highest BCUT2D eigenvalue weighted by molar-refractivity contribution is 6.03. The second kappa shape index (κ2) is 5.19. The molecule has 0 bridgehead atoms. The lowest BCUT2D eigenvalue weighted by atomic mass is 9.95. The lowest BCUT2D eigenvalue weighted by Gasteiger charge is -2.19. The molecule has 1 aliphatic heterocycles. The van der Waals surface area contributed by atoms with Gasteiger partial charge in [-0.3, -0.25) is 4.99 Å². The van der Waals surface area contributed by atoms with Crippen LogP contribution < -0.4 is 9.47 Å². The van der Waals surface area contributed by atoms with E-state index in [-0.39, 0.29) is 6.61 Å². The van der Waals surface area contributed by atoms with Crippen LogP contribution in [0.3, 0.4) is 0 Å². The van der Waals surface area contributed by atoms with Gasteiger partial charge in [0.1, 0.15) is 0 Å². The molecular weight excluding hydrogens is 218 g/mol. The van der Waals surface area contributed by atoms with Gasteiger partial charge in [0.25, 0.3) is 0 Å². The molecule has 0 spiro atoms. The first-order valence-electron chi connectivity index (χ1n) is 5.69. The summed E-state index contributed by atoms with van der Waals surface area (Å²) in [6.45, 7) is 0.893. The zero-order valence-corrected chi connectivity index (χ0v) is 10.2. The molecule has 0 saturated heterocycles. The molecule has 92 valence electrons. The summed E-state index contributed by atoms with van der Waals surface area (Å²) in [7, 11) is 3.26. The molecule has 4 nitrogen and oxygen atoms in total. The Morgan fingerprint density at radius 1 is 1.24 bits per heavy atom. The van der Waals surface area contributed by atoms with Crippen LogP contribution in [-0.2, 0) is 6.42 Å². The molecule has 1 aliphatic rings. The quantitative estimate of drug-likeness (QED) is 0.859. The fourth-order valence-corrected chi connectivity index (χ4v) is 2.11. The van der Waals surface area contributed by atoms with Gasteiger partial charge in [-0.25, -0.2) is 0 Å². The molecule has 0 aliphatic carbocycles. The summed E-state index contributed by atoms with van der Waals surface area (Å²) in [6, 6.07) is 3.95. The summed E-state index contributed by atoms with van der Waals surface area (Å²) in [4.78, 5) is 4.45. The van der Waals surface area contributed by atoms with Crippen LogP contribution in [-0.4, -0.2) is 38.2 Å². The van der Waals surface area contributed by atoms with E-state index in [0.717, 1.165) is 30.0 Å². The number of aliphatic imine (C=N–C) groups is 1. The average Bonchev–Trinajstić information content (AvgIpc) is 2.38. The molecule has 17 heavy (non-hydrogen) atoms. The van der Waals surface area contributed by atoms with Gasteiger partial charge in [-0.05, 0) is 24.1 Å². The van der Waals surface area contributed by atoms with E-state index in [0.29, 0.717) is 12.2 Å². The SMILES string of the molecule is COc1cc2c(cc1OC)C(CCO)=NCC2. The second-order valence-corrected chi connectivity index (χ2v) is 3.92. The van der Waals surface area contributed by atoms with Crippen LogP contribution in [0.15, 0.2) is 17.1 Å². The van der Waals surface area contributed by atoms with Crippen molar-refractivity contribution in [1.29, 1.82) is 0 Å². The van der Waals surface area contributed by atoms with E-state index in [2.05, 4.69) is 4.99 Å². The van der Waals surface area contributed by atoms with E-state index in [1.54, 1.807) is 14.2 Å². The monoisotopic (exact) mass is 235 g/mol. The summed E-state index contributed by atoms with van der Waals surface area (Å²) in [5, 5.41) is 9.03. The van der Waals surface area contributed by atoms with Crippen molar-refractivity contribution in [1.82, 2.24) is 0 Å². The van der Waals surface area contributed by atoms with Crippen LogP contribution in [0.4, 0.5) is 0 Å². The predicted molar refractivity (Wildman–Crippen MR) is 66.4 cm³/mol. The van der Waals surface area contributed by atoms with Crippen LogP contribution in [0.1, 0.15) is 17.5 Å². The van der Waals surface area contributed by atoms with E-state index in [1.165, 1.54) is 5.56 Å². The Morgan fingerprint density at radius 2 is 1.94 bits per heavy atom. The van der Waals surface area contributed by atoms with Gasteiger partial charge in [0.05, 0.1) is 14.2 Å². The van der Waals surface area contributed by atoms with Crippen molar-refractivity contribution >= 4 is 5.71 Å². The molecule has 4 heteroatoms. The lowest BCUT2D eigenvalue weighted by molar-refractivity contribution is 0.307. The maximum absolute atomic E-state index is 9.03. The van der Waals surface area contributed by atoms with Gasteiger partial charge in [0.2, 0.25) is 0 Å². The molecule has 1 heterocycles. The highest BCUT2D eigenvalue weighted by Gasteiger charge is 2.17. The zero-order chi connectivity index (χ0) is 12.3. The minimum Gasteiger partial charge on any atom is -0.493 e. The summed E-state index contributed by atoms with van der Waals surface area (Å²) >= 11 is 0. The molecule has 1 N–H and O–H groups in total. The third-order valence-corrected chi connectivity index (χ3v) is 2.95. The average molecular weight is 235 g/mol. The molecule has 0 amide bonds. The van der Waals surface area contributed by atoms with Crippen molar-refractivity contribution in [2.75, 3.05) is 27.4 Å². The van der Waals surface area contributed by atoms with Crippen molar-refractivity contribution in [3.05, 3.63) is 23.3 Å². The Bertz CT molecular complexity index is 441. The largest absolute Gasteiger partial charge is 0.493 e. The van der Waals surface area contributed by atoms with Gasteiger partial charge >= 0.3 is 0 Å². The first-order chi connectivity index (χ1) is 8.30. The molecule has 2 rings (SSSR count). The molecule has 0 saturated carbocycles. The summed E-state index contributed by atoms with van der Waals surface area (Å²) in [5.41, 5.74) is 3.23. The molecule has 0 unspecified atom stereocenters. The zero-order valence-electron chi connectivity index (χ0n) is 10.2. The van der Waals surface area contributed by atoms with Crippen molar-refractivity contribution in [3.8, 4) is 11.5 Å². The van der Waals surface area contributed by atoms with Gasteiger partial charge in [-0.15, -0.1) is 0 Å². The third-order valence-electron chi connectivity index (χ3n) is 2.95.